The standard InChI is InChI=1S/C8H11O2P/c9-8(6-10-11)7-4-2-1-3-5-7/h1-5,8-9H,6,11H2. The number of benzene rings is 1. The highest BCUT2D eigenvalue weighted by atomic mass is 31.0. The summed E-state index contributed by atoms with van der Waals surface area (Å²) in [6, 6.07) is 9.43. The Bertz CT molecular complexity index is 201. The third-order valence-electron chi connectivity index (χ3n) is 1.44. The Morgan fingerprint density at radius 1 is 1.36 bits per heavy atom. The molecule has 0 aliphatic carbocycles. The largest absolute Gasteiger partial charge is 0.386 e. The molecule has 0 saturated heterocycles. The number of hydrogen-bond donors (Lipinski definition) is 1. The molecule has 0 amide bonds. The van der Waals surface area contributed by atoms with Crippen molar-refractivity contribution in [2.75, 3.05) is 6.61 Å². The summed E-state index contributed by atoms with van der Waals surface area (Å²) in [7, 11) is 2.11. The van der Waals surface area contributed by atoms with Gasteiger partial charge in [-0.15, -0.1) is 0 Å². The third-order valence-corrected chi connectivity index (χ3v) is 1.63. The molecular weight excluding hydrogens is 159 g/mol. The molecule has 0 aliphatic heterocycles. The lowest BCUT2D eigenvalue weighted by molar-refractivity contribution is 0.119. The molecule has 1 aromatic carbocycles. The topological polar surface area (TPSA) is 29.5 Å². The smallest absolute Gasteiger partial charge is 0.103 e. The molecule has 0 spiro atoms. The monoisotopic (exact) mass is 170 g/mol. The van der Waals surface area contributed by atoms with Gasteiger partial charge in [0.15, 0.2) is 0 Å². The fourth-order valence-corrected chi connectivity index (χ4v) is 1.04. The Hall–Kier alpha value is -0.430. The quantitative estimate of drug-likeness (QED) is 0.697. The fourth-order valence-electron chi connectivity index (χ4n) is 0.863. The van der Waals surface area contributed by atoms with Crippen LogP contribution in [-0.4, -0.2) is 11.7 Å². The summed E-state index contributed by atoms with van der Waals surface area (Å²) in [6.45, 7) is 0.314. The van der Waals surface area contributed by atoms with Crippen LogP contribution in [0.5, 0.6) is 0 Å². The molecular formula is C8H11O2P. The maximum atomic E-state index is 9.38. The minimum absolute atomic E-state index is 0.314. The maximum absolute atomic E-state index is 9.38. The predicted octanol–water partition coefficient (Wildman–Crippen LogP) is 1.53. The van der Waals surface area contributed by atoms with Crippen molar-refractivity contribution in [3.8, 4) is 0 Å². The minimum atomic E-state index is -0.520. The van der Waals surface area contributed by atoms with Gasteiger partial charge in [-0.25, -0.2) is 0 Å². The molecule has 60 valence electrons. The Kier molecular flexibility index (Phi) is 3.50. The van der Waals surface area contributed by atoms with Crippen LogP contribution in [0.25, 0.3) is 0 Å². The molecule has 0 heterocycles. The third kappa shape index (κ3) is 2.58. The molecule has 2 atom stereocenters. The van der Waals surface area contributed by atoms with Crippen LogP contribution in [0.2, 0.25) is 0 Å². The van der Waals surface area contributed by atoms with Crippen LogP contribution in [0.3, 0.4) is 0 Å². The Morgan fingerprint density at radius 3 is 2.55 bits per heavy atom. The molecule has 1 rings (SSSR count). The van der Waals surface area contributed by atoms with Gasteiger partial charge >= 0.3 is 0 Å². The van der Waals surface area contributed by atoms with Gasteiger partial charge in [0.25, 0.3) is 0 Å². The van der Waals surface area contributed by atoms with E-state index in [-0.39, 0.29) is 0 Å². The normalized spacial score (nSPS) is 12.9. The number of aliphatic hydroxyl groups is 1. The van der Waals surface area contributed by atoms with E-state index in [2.05, 4.69) is 9.47 Å². The summed E-state index contributed by atoms with van der Waals surface area (Å²) in [5.41, 5.74) is 0.884. The molecule has 0 aromatic heterocycles. The number of rotatable bonds is 3. The summed E-state index contributed by atoms with van der Waals surface area (Å²) in [5, 5.41) is 9.38. The molecule has 11 heavy (non-hydrogen) atoms. The van der Waals surface area contributed by atoms with E-state index in [9.17, 15) is 5.11 Å². The van der Waals surface area contributed by atoms with Crippen LogP contribution < -0.4 is 0 Å². The second-order valence-electron chi connectivity index (χ2n) is 2.26. The van der Waals surface area contributed by atoms with Gasteiger partial charge in [0.1, 0.15) is 6.10 Å². The van der Waals surface area contributed by atoms with E-state index in [4.69, 9.17) is 4.52 Å². The molecule has 2 nitrogen and oxygen atoms in total. The summed E-state index contributed by atoms with van der Waals surface area (Å²) in [5.74, 6) is 0. The highest BCUT2D eigenvalue weighted by molar-refractivity contribution is 7.09. The van der Waals surface area contributed by atoms with Crippen molar-refractivity contribution in [1.29, 1.82) is 0 Å². The first-order valence-corrected chi connectivity index (χ1v) is 3.86. The fraction of sp³-hybridized carbons (Fsp3) is 0.250. The Morgan fingerprint density at radius 2 is 2.00 bits per heavy atom. The van der Waals surface area contributed by atoms with Crippen LogP contribution in [0.15, 0.2) is 30.3 Å². The highest BCUT2D eigenvalue weighted by Crippen LogP contribution is 2.12. The molecule has 1 aromatic rings. The minimum Gasteiger partial charge on any atom is -0.386 e. The zero-order valence-corrected chi connectivity index (χ0v) is 7.26. The first kappa shape index (κ1) is 8.66. The van der Waals surface area contributed by atoms with Crippen molar-refractivity contribution < 1.29 is 9.63 Å². The van der Waals surface area contributed by atoms with Crippen LogP contribution in [0, 0.1) is 0 Å². The van der Waals surface area contributed by atoms with Crippen molar-refractivity contribution in [1.82, 2.24) is 0 Å². The lowest BCUT2D eigenvalue weighted by Crippen LogP contribution is -2.02. The first-order valence-electron chi connectivity index (χ1n) is 3.39. The summed E-state index contributed by atoms with van der Waals surface area (Å²) < 4.78 is 4.72. The van der Waals surface area contributed by atoms with Gasteiger partial charge < -0.3 is 9.63 Å². The summed E-state index contributed by atoms with van der Waals surface area (Å²) in [6.07, 6.45) is -0.520. The molecule has 3 heteroatoms. The van der Waals surface area contributed by atoms with E-state index < -0.39 is 6.10 Å². The van der Waals surface area contributed by atoms with E-state index in [0.717, 1.165) is 5.56 Å². The van der Waals surface area contributed by atoms with Crippen LogP contribution in [0.4, 0.5) is 0 Å². The Balaban J connectivity index is 2.61. The molecule has 0 saturated carbocycles. The van der Waals surface area contributed by atoms with Crippen molar-refractivity contribution in [3.63, 3.8) is 0 Å². The number of aliphatic hydroxyl groups excluding tert-OH is 1. The van der Waals surface area contributed by atoms with Gasteiger partial charge in [-0.1, -0.05) is 30.3 Å². The van der Waals surface area contributed by atoms with E-state index in [1.807, 2.05) is 30.3 Å². The molecule has 2 unspecified atom stereocenters. The molecule has 0 aliphatic rings. The maximum Gasteiger partial charge on any atom is 0.103 e. The van der Waals surface area contributed by atoms with Crippen molar-refractivity contribution in [2.45, 2.75) is 6.10 Å². The second kappa shape index (κ2) is 4.45. The van der Waals surface area contributed by atoms with Crippen LogP contribution in [-0.2, 0) is 4.52 Å². The van der Waals surface area contributed by atoms with E-state index in [0.29, 0.717) is 6.61 Å². The van der Waals surface area contributed by atoms with Gasteiger partial charge in [-0.3, -0.25) is 0 Å². The first-order chi connectivity index (χ1) is 5.34. The second-order valence-corrected chi connectivity index (χ2v) is 2.59. The zero-order valence-electron chi connectivity index (χ0n) is 6.10. The van der Waals surface area contributed by atoms with Gasteiger partial charge in [0.2, 0.25) is 0 Å². The summed E-state index contributed by atoms with van der Waals surface area (Å²) >= 11 is 0. The van der Waals surface area contributed by atoms with Crippen molar-refractivity contribution >= 4 is 9.47 Å². The molecule has 0 radical (unpaired) electrons. The SMILES string of the molecule is OC(COP)c1ccccc1. The van der Waals surface area contributed by atoms with Gasteiger partial charge in [0.05, 0.1) is 6.61 Å². The average Bonchev–Trinajstić information content (AvgIpc) is 2.07. The average molecular weight is 170 g/mol. The zero-order chi connectivity index (χ0) is 8.10. The lowest BCUT2D eigenvalue weighted by atomic mass is 10.1. The van der Waals surface area contributed by atoms with Crippen molar-refractivity contribution in [2.24, 2.45) is 0 Å². The van der Waals surface area contributed by atoms with E-state index in [1.165, 1.54) is 0 Å². The van der Waals surface area contributed by atoms with Gasteiger partial charge in [0, 0.05) is 9.47 Å². The Labute approximate surface area is 68.5 Å². The highest BCUT2D eigenvalue weighted by Gasteiger charge is 2.04. The summed E-state index contributed by atoms with van der Waals surface area (Å²) in [4.78, 5) is 0. The van der Waals surface area contributed by atoms with Crippen LogP contribution >= 0.6 is 9.47 Å². The lowest BCUT2D eigenvalue weighted by Gasteiger charge is -2.07. The number of hydrogen-bond acceptors (Lipinski definition) is 2. The van der Waals surface area contributed by atoms with E-state index in [1.54, 1.807) is 0 Å². The van der Waals surface area contributed by atoms with Crippen LogP contribution in [0.1, 0.15) is 11.7 Å². The van der Waals surface area contributed by atoms with Gasteiger partial charge in [-0.05, 0) is 5.56 Å². The van der Waals surface area contributed by atoms with E-state index >= 15 is 0 Å². The van der Waals surface area contributed by atoms with Gasteiger partial charge in [-0.2, -0.15) is 0 Å². The van der Waals surface area contributed by atoms with Crippen molar-refractivity contribution in [3.05, 3.63) is 35.9 Å². The predicted molar refractivity (Wildman–Crippen MR) is 47.1 cm³/mol. The molecule has 0 fully saturated rings. The molecule has 0 bridgehead atoms. The molecule has 1 N–H and O–H groups in total.